The molecule has 0 aliphatic rings. The second kappa shape index (κ2) is 3.92. The average molecular weight is 140 g/mol. The van der Waals surface area contributed by atoms with Crippen LogP contribution in [0.3, 0.4) is 0 Å². The molecule has 0 spiro atoms. The second-order valence-corrected chi connectivity index (χ2v) is 1.62. The van der Waals surface area contributed by atoms with Crippen molar-refractivity contribution in [1.82, 2.24) is 0 Å². The minimum atomic E-state index is -1.70. The summed E-state index contributed by atoms with van der Waals surface area (Å²) in [7, 11) is -1.70. The van der Waals surface area contributed by atoms with Gasteiger partial charge in [-0.15, -0.1) is 0 Å². The minimum Gasteiger partial charge on any atom is -0.508 e. The van der Waals surface area contributed by atoms with Crippen LogP contribution >= 0.6 is 0 Å². The highest BCUT2D eigenvalue weighted by Gasteiger charge is 2.14. The average Bonchev–Trinajstić information content (AvgIpc) is 1.88. The molecule has 0 aromatic heterocycles. The van der Waals surface area contributed by atoms with Crippen molar-refractivity contribution in [2.75, 3.05) is 0 Å². The lowest BCUT2D eigenvalue weighted by Crippen LogP contribution is -2.15. The third kappa shape index (κ3) is 2.09. The van der Waals surface area contributed by atoms with Gasteiger partial charge in [0.05, 0.1) is 0 Å². The Kier molecular flexibility index (Phi) is 3.53. The molecule has 0 bridgehead atoms. The summed E-state index contributed by atoms with van der Waals surface area (Å²) in [5, 5.41) is 25.9. The van der Waals surface area contributed by atoms with Gasteiger partial charge < -0.3 is 15.2 Å². The molecule has 0 rings (SSSR count). The molecule has 54 valence electrons. The van der Waals surface area contributed by atoms with Crippen molar-refractivity contribution in [3.8, 4) is 0 Å². The Hall–Kier alpha value is -0.995. The molecule has 10 heavy (non-hydrogen) atoms. The molecule has 0 saturated heterocycles. The SMILES string of the molecule is C=C/C(O)=C(\C=C)B(O)O. The largest absolute Gasteiger partial charge is 0.508 e. The number of aliphatic hydroxyl groups excluding tert-OH is 1. The lowest BCUT2D eigenvalue weighted by Gasteiger charge is -1.99. The highest BCUT2D eigenvalue weighted by atomic mass is 16.4. The van der Waals surface area contributed by atoms with E-state index in [4.69, 9.17) is 15.2 Å². The molecule has 0 atom stereocenters. The highest BCUT2D eigenvalue weighted by Crippen LogP contribution is 2.03. The number of hydrogen-bond acceptors (Lipinski definition) is 3. The van der Waals surface area contributed by atoms with Crippen molar-refractivity contribution < 1.29 is 15.2 Å². The Labute approximate surface area is 59.8 Å². The Morgan fingerprint density at radius 2 is 1.70 bits per heavy atom. The molecule has 0 unspecified atom stereocenters. The van der Waals surface area contributed by atoms with E-state index in [2.05, 4.69) is 13.2 Å². The van der Waals surface area contributed by atoms with Gasteiger partial charge in [-0.2, -0.15) is 0 Å². The summed E-state index contributed by atoms with van der Waals surface area (Å²) in [6.07, 6.45) is 2.26. The lowest BCUT2D eigenvalue weighted by molar-refractivity contribution is 0.402. The molecule has 0 aromatic carbocycles. The summed E-state index contributed by atoms with van der Waals surface area (Å²) in [6.45, 7) is 6.50. The molecule has 3 nitrogen and oxygen atoms in total. The van der Waals surface area contributed by atoms with E-state index >= 15 is 0 Å². The predicted octanol–water partition coefficient (Wildman–Crippen LogP) is 0.182. The van der Waals surface area contributed by atoms with Crippen LogP contribution in [0.25, 0.3) is 0 Å². The van der Waals surface area contributed by atoms with Crippen molar-refractivity contribution in [2.24, 2.45) is 0 Å². The van der Waals surface area contributed by atoms with Crippen molar-refractivity contribution in [3.05, 3.63) is 36.5 Å². The quantitative estimate of drug-likeness (QED) is 0.297. The fourth-order valence-electron chi connectivity index (χ4n) is 0.460. The summed E-state index contributed by atoms with van der Waals surface area (Å²) < 4.78 is 0. The van der Waals surface area contributed by atoms with Gasteiger partial charge in [0.25, 0.3) is 0 Å². The van der Waals surface area contributed by atoms with Crippen LogP contribution in [0.5, 0.6) is 0 Å². The van der Waals surface area contributed by atoms with Crippen molar-refractivity contribution >= 4 is 7.12 Å². The fourth-order valence-corrected chi connectivity index (χ4v) is 0.460. The molecule has 4 heteroatoms. The number of allylic oxidation sites excluding steroid dienone is 3. The molecule has 0 aliphatic carbocycles. The lowest BCUT2D eigenvalue weighted by atomic mass is 9.78. The van der Waals surface area contributed by atoms with Gasteiger partial charge in [0.2, 0.25) is 0 Å². The molecular weight excluding hydrogens is 131 g/mol. The molecule has 0 aromatic rings. The maximum atomic E-state index is 8.86. The molecule has 0 fully saturated rings. The summed E-state index contributed by atoms with van der Waals surface area (Å²) in [6, 6.07) is 0. The van der Waals surface area contributed by atoms with Crippen LogP contribution < -0.4 is 0 Å². The minimum absolute atomic E-state index is 0.0463. The van der Waals surface area contributed by atoms with E-state index in [1.165, 1.54) is 0 Å². The van der Waals surface area contributed by atoms with E-state index in [0.29, 0.717) is 0 Å². The summed E-state index contributed by atoms with van der Waals surface area (Å²) >= 11 is 0. The van der Waals surface area contributed by atoms with Gasteiger partial charge in [-0.1, -0.05) is 19.2 Å². The third-order valence-corrected chi connectivity index (χ3v) is 0.987. The van der Waals surface area contributed by atoms with Crippen LogP contribution in [0.2, 0.25) is 0 Å². The van der Waals surface area contributed by atoms with E-state index in [-0.39, 0.29) is 11.2 Å². The van der Waals surface area contributed by atoms with Crippen LogP contribution in [0.15, 0.2) is 36.5 Å². The van der Waals surface area contributed by atoms with Gasteiger partial charge in [0, 0.05) is 5.47 Å². The second-order valence-electron chi connectivity index (χ2n) is 1.62. The number of rotatable bonds is 3. The van der Waals surface area contributed by atoms with Gasteiger partial charge in [0.1, 0.15) is 5.76 Å². The van der Waals surface area contributed by atoms with Gasteiger partial charge in [-0.3, -0.25) is 0 Å². The van der Waals surface area contributed by atoms with Crippen LogP contribution in [0, 0.1) is 0 Å². The molecular formula is C6H9BO3. The van der Waals surface area contributed by atoms with Crippen molar-refractivity contribution in [2.45, 2.75) is 0 Å². The van der Waals surface area contributed by atoms with Gasteiger partial charge >= 0.3 is 7.12 Å². The topological polar surface area (TPSA) is 60.7 Å². The van der Waals surface area contributed by atoms with E-state index in [1.807, 2.05) is 0 Å². The molecule has 0 amide bonds. The van der Waals surface area contributed by atoms with Crippen LogP contribution in [0.1, 0.15) is 0 Å². The van der Waals surface area contributed by atoms with Gasteiger partial charge in [-0.05, 0) is 6.08 Å². The van der Waals surface area contributed by atoms with Crippen LogP contribution in [0.4, 0.5) is 0 Å². The van der Waals surface area contributed by atoms with E-state index in [0.717, 1.165) is 12.2 Å². The third-order valence-electron chi connectivity index (χ3n) is 0.987. The summed E-state index contributed by atoms with van der Waals surface area (Å²) in [4.78, 5) is 0. The maximum absolute atomic E-state index is 8.86. The monoisotopic (exact) mass is 140 g/mol. The normalized spacial score (nSPS) is 11.8. The first-order chi connectivity index (χ1) is 4.63. The standard InChI is InChI=1S/C6H9BO3/c1-3-5(7(9)10)6(8)4-2/h3-4,8-10H,1-2H2/b6-5-. The highest BCUT2D eigenvalue weighted by molar-refractivity contribution is 6.52. The number of aliphatic hydroxyl groups is 1. The van der Waals surface area contributed by atoms with Gasteiger partial charge in [-0.25, -0.2) is 0 Å². The van der Waals surface area contributed by atoms with Crippen LogP contribution in [-0.2, 0) is 0 Å². The molecule has 3 N–H and O–H groups in total. The molecule has 0 aliphatic heterocycles. The first-order valence-corrected chi connectivity index (χ1v) is 2.67. The Balaban J connectivity index is 4.61. The Bertz CT molecular complexity index is 172. The van der Waals surface area contributed by atoms with Gasteiger partial charge in [0.15, 0.2) is 0 Å². The smallest absolute Gasteiger partial charge is 0.492 e. The summed E-state index contributed by atoms with van der Waals surface area (Å²) in [5.74, 6) is -0.273. The van der Waals surface area contributed by atoms with E-state index in [9.17, 15) is 0 Å². The van der Waals surface area contributed by atoms with E-state index in [1.54, 1.807) is 0 Å². The maximum Gasteiger partial charge on any atom is 0.492 e. The Morgan fingerprint density at radius 1 is 1.20 bits per heavy atom. The number of hydrogen-bond donors (Lipinski definition) is 3. The van der Waals surface area contributed by atoms with Crippen LogP contribution in [-0.4, -0.2) is 22.3 Å². The summed E-state index contributed by atoms with van der Waals surface area (Å²) in [5.41, 5.74) is -0.0463. The fraction of sp³-hybridized carbons (Fsp3) is 0. The zero-order valence-corrected chi connectivity index (χ0v) is 5.49. The van der Waals surface area contributed by atoms with Crippen molar-refractivity contribution in [1.29, 1.82) is 0 Å². The van der Waals surface area contributed by atoms with E-state index < -0.39 is 7.12 Å². The molecule has 0 saturated carbocycles. The zero-order valence-electron chi connectivity index (χ0n) is 5.49. The first kappa shape index (κ1) is 9.00. The predicted molar refractivity (Wildman–Crippen MR) is 40.2 cm³/mol. The Morgan fingerprint density at radius 3 is 1.80 bits per heavy atom. The molecule has 0 radical (unpaired) electrons. The first-order valence-electron chi connectivity index (χ1n) is 2.67. The van der Waals surface area contributed by atoms with Crippen molar-refractivity contribution in [3.63, 3.8) is 0 Å². The zero-order chi connectivity index (χ0) is 8.15. The molecule has 0 heterocycles.